The van der Waals surface area contributed by atoms with E-state index in [-0.39, 0.29) is 34.2 Å². The average Bonchev–Trinajstić information content (AvgIpc) is 3.22. The molecule has 30 heavy (non-hydrogen) atoms. The number of ketones is 1. The van der Waals surface area contributed by atoms with Crippen LogP contribution in [-0.2, 0) is 4.74 Å². The van der Waals surface area contributed by atoms with Gasteiger partial charge in [-0.15, -0.1) is 11.3 Å². The van der Waals surface area contributed by atoms with Gasteiger partial charge in [-0.25, -0.2) is 4.79 Å². The lowest BCUT2D eigenvalue weighted by Gasteiger charge is -2.08. The van der Waals surface area contributed by atoms with Crippen LogP contribution in [0.2, 0.25) is 5.02 Å². The predicted octanol–water partition coefficient (Wildman–Crippen LogP) is 5.30. The fourth-order valence-electron chi connectivity index (χ4n) is 3.03. The summed E-state index contributed by atoms with van der Waals surface area (Å²) in [7, 11) is 0. The van der Waals surface area contributed by atoms with Gasteiger partial charge in [0.2, 0.25) is 0 Å². The van der Waals surface area contributed by atoms with Gasteiger partial charge in [0.05, 0.1) is 22.1 Å². The van der Waals surface area contributed by atoms with Gasteiger partial charge in [0.15, 0.2) is 5.78 Å². The third-order valence-corrected chi connectivity index (χ3v) is 6.03. The number of rotatable bonds is 6. The topological polar surface area (TPSA) is 98.5 Å². The number of benzene rings is 1. The Hall–Kier alpha value is -2.97. The number of aromatic nitrogens is 1. The van der Waals surface area contributed by atoms with Gasteiger partial charge in [0.1, 0.15) is 22.0 Å². The van der Waals surface area contributed by atoms with Gasteiger partial charge in [-0.2, -0.15) is 0 Å². The van der Waals surface area contributed by atoms with E-state index in [0.29, 0.717) is 26.8 Å². The van der Waals surface area contributed by atoms with Crippen molar-refractivity contribution >= 4 is 45.6 Å². The summed E-state index contributed by atoms with van der Waals surface area (Å²) in [6, 6.07) is 6.95. The molecule has 3 aromatic rings. The molecular weight excluding hydrogens is 428 g/mol. The number of halogens is 1. The van der Waals surface area contributed by atoms with Gasteiger partial charge in [-0.3, -0.25) is 9.59 Å². The number of thiophene rings is 1. The number of carbonyl (C=O) groups excluding carboxylic acids is 3. The molecule has 0 radical (unpaired) electrons. The third kappa shape index (κ3) is 4.01. The Morgan fingerprint density at radius 2 is 1.90 bits per heavy atom. The zero-order valence-electron chi connectivity index (χ0n) is 16.8. The number of aryl methyl sites for hydroxylation is 1. The summed E-state index contributed by atoms with van der Waals surface area (Å²) in [6.07, 6.45) is 0. The predicted molar refractivity (Wildman–Crippen MR) is 115 cm³/mol. The molecule has 9 heteroatoms. The van der Waals surface area contributed by atoms with Crippen LogP contribution >= 0.6 is 22.9 Å². The molecule has 0 unspecified atom stereocenters. The van der Waals surface area contributed by atoms with E-state index in [2.05, 4.69) is 10.5 Å². The number of nitrogens with zero attached hydrogens (tertiary/aromatic N) is 1. The standard InChI is InChI=1S/C21H19ClN2O5S/c1-5-28-21(27)15-10(2)18(11(3)25)30-20(15)23-19(26)16-12(4)29-24-17(16)13-8-6-7-9-14(13)22/h6-9H,5H2,1-4H3,(H,23,26). The average molecular weight is 447 g/mol. The van der Waals surface area contributed by atoms with Gasteiger partial charge in [0, 0.05) is 5.56 Å². The van der Waals surface area contributed by atoms with Crippen LogP contribution in [0.15, 0.2) is 28.8 Å². The van der Waals surface area contributed by atoms with Gasteiger partial charge >= 0.3 is 5.97 Å². The van der Waals surface area contributed by atoms with Gasteiger partial charge in [-0.1, -0.05) is 35.0 Å². The quantitative estimate of drug-likeness (QED) is 0.407. The van der Waals surface area contributed by atoms with Crippen molar-refractivity contribution in [3.63, 3.8) is 0 Å². The molecule has 0 fully saturated rings. The monoisotopic (exact) mass is 446 g/mol. The minimum atomic E-state index is -0.609. The molecule has 2 heterocycles. The van der Waals surface area contributed by atoms with Crippen LogP contribution in [0.1, 0.15) is 55.6 Å². The largest absolute Gasteiger partial charge is 0.462 e. The van der Waals surface area contributed by atoms with E-state index in [1.807, 2.05) is 0 Å². The Labute approximate surface area is 182 Å². The maximum Gasteiger partial charge on any atom is 0.341 e. The van der Waals surface area contributed by atoms with Crippen LogP contribution in [-0.4, -0.2) is 29.4 Å². The first-order valence-electron chi connectivity index (χ1n) is 9.10. The summed E-state index contributed by atoms with van der Waals surface area (Å²) in [5, 5.41) is 7.35. The molecule has 0 aliphatic carbocycles. The van der Waals surface area contributed by atoms with Crippen molar-refractivity contribution in [1.82, 2.24) is 5.16 Å². The van der Waals surface area contributed by atoms with E-state index in [4.69, 9.17) is 20.9 Å². The third-order valence-electron chi connectivity index (χ3n) is 4.39. The summed E-state index contributed by atoms with van der Waals surface area (Å²) in [5.74, 6) is -1.06. The molecule has 7 nitrogen and oxygen atoms in total. The lowest BCUT2D eigenvalue weighted by Crippen LogP contribution is -2.16. The van der Waals surface area contributed by atoms with E-state index < -0.39 is 11.9 Å². The van der Waals surface area contributed by atoms with E-state index in [1.165, 1.54) is 6.92 Å². The maximum absolute atomic E-state index is 13.1. The van der Waals surface area contributed by atoms with Crippen molar-refractivity contribution in [3.05, 3.63) is 56.6 Å². The first kappa shape index (κ1) is 21.7. The van der Waals surface area contributed by atoms with Crippen molar-refractivity contribution in [1.29, 1.82) is 0 Å². The van der Waals surface area contributed by atoms with Crippen LogP contribution in [0.3, 0.4) is 0 Å². The molecule has 0 aliphatic heterocycles. The Balaban J connectivity index is 2.05. The zero-order chi connectivity index (χ0) is 22.0. The summed E-state index contributed by atoms with van der Waals surface area (Å²) in [6.45, 7) is 6.50. The summed E-state index contributed by atoms with van der Waals surface area (Å²) >= 11 is 7.28. The number of anilines is 1. The highest BCUT2D eigenvalue weighted by atomic mass is 35.5. The van der Waals surface area contributed by atoms with Crippen molar-refractivity contribution in [3.8, 4) is 11.3 Å². The van der Waals surface area contributed by atoms with Crippen molar-refractivity contribution in [2.75, 3.05) is 11.9 Å². The first-order chi connectivity index (χ1) is 14.3. The Kier molecular flexibility index (Phi) is 6.38. The summed E-state index contributed by atoms with van der Waals surface area (Å²) in [5.41, 5.74) is 1.64. The minimum Gasteiger partial charge on any atom is -0.462 e. The molecule has 3 rings (SSSR count). The maximum atomic E-state index is 13.1. The van der Waals surface area contributed by atoms with Gasteiger partial charge in [0.25, 0.3) is 5.91 Å². The fraction of sp³-hybridized carbons (Fsp3) is 0.238. The lowest BCUT2D eigenvalue weighted by atomic mass is 10.1. The number of hydrogen-bond donors (Lipinski definition) is 1. The number of Topliss-reactive ketones (excluding diaryl/α,β-unsaturated/α-hetero) is 1. The summed E-state index contributed by atoms with van der Waals surface area (Å²) < 4.78 is 10.3. The van der Waals surface area contributed by atoms with Crippen LogP contribution < -0.4 is 5.32 Å². The lowest BCUT2D eigenvalue weighted by molar-refractivity contribution is 0.0527. The molecule has 0 spiro atoms. The van der Waals surface area contributed by atoms with E-state index in [0.717, 1.165) is 11.3 Å². The molecule has 1 N–H and O–H groups in total. The van der Waals surface area contributed by atoms with E-state index >= 15 is 0 Å². The second kappa shape index (κ2) is 8.81. The Bertz CT molecular complexity index is 1150. The van der Waals surface area contributed by atoms with Gasteiger partial charge < -0.3 is 14.6 Å². The Morgan fingerprint density at radius 1 is 1.20 bits per heavy atom. The highest BCUT2D eigenvalue weighted by Crippen LogP contribution is 2.36. The number of carbonyl (C=O) groups is 3. The summed E-state index contributed by atoms with van der Waals surface area (Å²) in [4.78, 5) is 37.9. The Morgan fingerprint density at radius 3 is 2.53 bits per heavy atom. The van der Waals surface area contributed by atoms with E-state index in [1.54, 1.807) is 45.0 Å². The molecule has 2 aromatic heterocycles. The fourth-order valence-corrected chi connectivity index (χ4v) is 4.34. The molecule has 0 atom stereocenters. The van der Waals surface area contributed by atoms with E-state index in [9.17, 15) is 14.4 Å². The molecule has 0 aliphatic rings. The number of ether oxygens (including phenoxy) is 1. The van der Waals surface area contributed by atoms with Crippen molar-refractivity contribution in [2.24, 2.45) is 0 Å². The minimum absolute atomic E-state index is 0.161. The van der Waals surface area contributed by atoms with Crippen molar-refractivity contribution < 1.29 is 23.6 Å². The number of amides is 1. The molecule has 156 valence electrons. The van der Waals surface area contributed by atoms with Crippen molar-refractivity contribution in [2.45, 2.75) is 27.7 Å². The van der Waals surface area contributed by atoms with Crippen LogP contribution in [0, 0.1) is 13.8 Å². The normalized spacial score (nSPS) is 10.7. The molecule has 0 saturated heterocycles. The second-order valence-electron chi connectivity index (χ2n) is 6.43. The van der Waals surface area contributed by atoms with Crippen LogP contribution in [0.4, 0.5) is 5.00 Å². The molecule has 1 aromatic carbocycles. The van der Waals surface area contributed by atoms with Crippen LogP contribution in [0.5, 0.6) is 0 Å². The molecule has 0 saturated carbocycles. The number of esters is 1. The highest BCUT2D eigenvalue weighted by molar-refractivity contribution is 7.18. The highest BCUT2D eigenvalue weighted by Gasteiger charge is 2.28. The first-order valence-corrected chi connectivity index (χ1v) is 10.3. The molecule has 1 amide bonds. The second-order valence-corrected chi connectivity index (χ2v) is 7.86. The molecule has 0 bridgehead atoms. The van der Waals surface area contributed by atoms with Crippen LogP contribution in [0.25, 0.3) is 11.3 Å². The smallest absolute Gasteiger partial charge is 0.341 e. The number of nitrogens with one attached hydrogen (secondary N) is 1. The van der Waals surface area contributed by atoms with Gasteiger partial charge in [-0.05, 0) is 39.3 Å². The SMILES string of the molecule is CCOC(=O)c1c(NC(=O)c2c(-c3ccccc3Cl)noc2C)sc(C(C)=O)c1C. The molecular formula is C21H19ClN2O5S. The number of hydrogen-bond acceptors (Lipinski definition) is 7. The zero-order valence-corrected chi connectivity index (χ0v) is 18.4.